The van der Waals surface area contributed by atoms with E-state index in [1.54, 1.807) is 30.3 Å². The van der Waals surface area contributed by atoms with Crippen molar-refractivity contribution in [2.45, 2.75) is 23.8 Å². The summed E-state index contributed by atoms with van der Waals surface area (Å²) in [6, 6.07) is 11.1. The van der Waals surface area contributed by atoms with Crippen LogP contribution in [0.5, 0.6) is 0 Å². The molecule has 8 nitrogen and oxygen atoms in total. The van der Waals surface area contributed by atoms with E-state index in [4.69, 9.17) is 20.1 Å². The molecule has 0 saturated carbocycles. The lowest BCUT2D eigenvalue weighted by Crippen LogP contribution is -2.38. The highest BCUT2D eigenvalue weighted by molar-refractivity contribution is 7.89. The SMILES string of the molecule is N#C/C(=C\c1ccc(-c2ccc(S(=O)(=O)NC3CCOCC3)cc2)o1)C(N)=O. The largest absolute Gasteiger partial charge is 0.457 e. The van der Waals surface area contributed by atoms with Gasteiger partial charge in [-0.2, -0.15) is 5.26 Å². The summed E-state index contributed by atoms with van der Waals surface area (Å²) in [5.74, 6) is -0.0791. The molecule has 2 aromatic rings. The smallest absolute Gasteiger partial charge is 0.259 e. The van der Waals surface area contributed by atoms with Crippen LogP contribution in [0.25, 0.3) is 17.4 Å². The van der Waals surface area contributed by atoms with Gasteiger partial charge in [-0.1, -0.05) is 0 Å². The topological polar surface area (TPSA) is 135 Å². The summed E-state index contributed by atoms with van der Waals surface area (Å²) in [5, 5.41) is 8.88. The van der Waals surface area contributed by atoms with Crippen molar-refractivity contribution < 1.29 is 22.4 Å². The van der Waals surface area contributed by atoms with Gasteiger partial charge in [0.1, 0.15) is 23.2 Å². The van der Waals surface area contributed by atoms with Gasteiger partial charge in [0, 0.05) is 30.9 Å². The summed E-state index contributed by atoms with van der Waals surface area (Å²) in [6.07, 6.45) is 2.55. The Morgan fingerprint density at radius 1 is 1.18 bits per heavy atom. The lowest BCUT2D eigenvalue weighted by atomic mass is 10.1. The third kappa shape index (κ3) is 4.67. The first kappa shape index (κ1) is 19.8. The van der Waals surface area contributed by atoms with Gasteiger partial charge < -0.3 is 14.9 Å². The van der Waals surface area contributed by atoms with E-state index in [1.807, 2.05) is 0 Å². The molecule has 1 fully saturated rings. The maximum Gasteiger partial charge on any atom is 0.259 e. The number of nitrogens with one attached hydrogen (secondary N) is 1. The molecule has 1 aliphatic heterocycles. The Morgan fingerprint density at radius 3 is 2.46 bits per heavy atom. The average molecular weight is 401 g/mol. The minimum atomic E-state index is -3.62. The molecule has 9 heteroatoms. The molecular weight excluding hydrogens is 382 g/mol. The summed E-state index contributed by atoms with van der Waals surface area (Å²) in [5.41, 5.74) is 5.53. The van der Waals surface area contributed by atoms with Crippen LogP contribution in [0.15, 0.2) is 51.3 Å². The van der Waals surface area contributed by atoms with Gasteiger partial charge in [-0.05, 0) is 49.2 Å². The molecule has 1 aromatic carbocycles. The lowest BCUT2D eigenvalue weighted by Gasteiger charge is -2.22. The van der Waals surface area contributed by atoms with Crippen molar-refractivity contribution >= 4 is 22.0 Å². The number of sulfonamides is 1. The second-order valence-electron chi connectivity index (χ2n) is 6.27. The number of amides is 1. The zero-order valence-electron chi connectivity index (χ0n) is 14.9. The van der Waals surface area contributed by atoms with Crippen molar-refractivity contribution in [3.05, 3.63) is 47.7 Å². The number of nitrogens with two attached hydrogens (primary N) is 1. The van der Waals surface area contributed by atoms with Gasteiger partial charge in [-0.15, -0.1) is 0 Å². The van der Waals surface area contributed by atoms with Crippen LogP contribution in [0, 0.1) is 11.3 Å². The molecule has 28 heavy (non-hydrogen) atoms. The minimum Gasteiger partial charge on any atom is -0.457 e. The Bertz CT molecular complexity index is 1030. The van der Waals surface area contributed by atoms with Gasteiger partial charge >= 0.3 is 0 Å². The molecule has 0 spiro atoms. The molecule has 0 atom stereocenters. The van der Waals surface area contributed by atoms with Gasteiger partial charge in [-0.3, -0.25) is 4.79 Å². The van der Waals surface area contributed by atoms with Gasteiger partial charge in [0.2, 0.25) is 10.0 Å². The number of benzene rings is 1. The summed E-state index contributed by atoms with van der Waals surface area (Å²) < 4.78 is 38.5. The predicted molar refractivity (Wildman–Crippen MR) is 101 cm³/mol. The number of ether oxygens (including phenoxy) is 1. The van der Waals surface area contributed by atoms with Crippen LogP contribution in [0.4, 0.5) is 0 Å². The highest BCUT2D eigenvalue weighted by atomic mass is 32.2. The molecule has 0 unspecified atom stereocenters. The van der Waals surface area contributed by atoms with Crippen LogP contribution < -0.4 is 10.5 Å². The second kappa shape index (κ2) is 8.39. The number of rotatable bonds is 6. The Hall–Kier alpha value is -2.93. The quantitative estimate of drug-likeness (QED) is 0.560. The first-order chi connectivity index (χ1) is 13.4. The average Bonchev–Trinajstić information content (AvgIpc) is 3.15. The highest BCUT2D eigenvalue weighted by Crippen LogP contribution is 2.25. The van der Waals surface area contributed by atoms with Crippen LogP contribution in [-0.2, 0) is 19.6 Å². The third-order valence-corrected chi connectivity index (χ3v) is 5.83. The maximum absolute atomic E-state index is 12.5. The van der Waals surface area contributed by atoms with Gasteiger partial charge in [-0.25, -0.2) is 13.1 Å². The number of carbonyl (C=O) groups is 1. The number of hydrogen-bond acceptors (Lipinski definition) is 6. The third-order valence-electron chi connectivity index (χ3n) is 4.29. The van der Waals surface area contributed by atoms with E-state index >= 15 is 0 Å². The standard InChI is InChI=1S/C19H19N3O5S/c20-12-14(19(21)23)11-16-3-6-18(27-16)13-1-4-17(5-2-13)28(24,25)22-15-7-9-26-10-8-15/h1-6,11,15,22H,7-10H2,(H2,21,23)/b14-11+. The Labute approximate surface area is 162 Å². The van der Waals surface area contributed by atoms with E-state index in [1.165, 1.54) is 18.2 Å². The molecule has 1 aromatic heterocycles. The number of furan rings is 1. The molecule has 0 bridgehead atoms. The van der Waals surface area contributed by atoms with E-state index in [9.17, 15) is 13.2 Å². The number of carbonyl (C=O) groups excluding carboxylic acids is 1. The first-order valence-corrected chi connectivity index (χ1v) is 10.1. The summed E-state index contributed by atoms with van der Waals surface area (Å²) in [6.45, 7) is 1.09. The monoisotopic (exact) mass is 401 g/mol. The summed E-state index contributed by atoms with van der Waals surface area (Å²) in [4.78, 5) is 11.3. The zero-order chi connectivity index (χ0) is 20.1. The number of nitrogens with zero attached hydrogens (tertiary/aromatic N) is 1. The van der Waals surface area contributed by atoms with E-state index < -0.39 is 15.9 Å². The molecule has 1 aliphatic rings. The van der Waals surface area contributed by atoms with E-state index in [0.29, 0.717) is 43.1 Å². The lowest BCUT2D eigenvalue weighted by molar-refractivity contribution is -0.114. The molecule has 0 aliphatic carbocycles. The van der Waals surface area contributed by atoms with E-state index in [2.05, 4.69) is 4.72 Å². The Balaban J connectivity index is 1.76. The number of hydrogen-bond donors (Lipinski definition) is 2. The van der Waals surface area contributed by atoms with Crippen LogP contribution >= 0.6 is 0 Å². The Morgan fingerprint density at radius 2 is 1.86 bits per heavy atom. The van der Waals surface area contributed by atoms with Crippen molar-refractivity contribution in [1.29, 1.82) is 5.26 Å². The molecule has 146 valence electrons. The fourth-order valence-corrected chi connectivity index (χ4v) is 4.09. The van der Waals surface area contributed by atoms with Crippen molar-refractivity contribution in [1.82, 2.24) is 4.72 Å². The van der Waals surface area contributed by atoms with Crippen LogP contribution in [0.3, 0.4) is 0 Å². The molecule has 0 radical (unpaired) electrons. The van der Waals surface area contributed by atoms with Crippen LogP contribution in [0.2, 0.25) is 0 Å². The van der Waals surface area contributed by atoms with Crippen molar-refractivity contribution in [3.8, 4) is 17.4 Å². The predicted octanol–water partition coefficient (Wildman–Crippen LogP) is 1.80. The fraction of sp³-hybridized carbons (Fsp3) is 0.263. The summed E-state index contributed by atoms with van der Waals surface area (Å²) >= 11 is 0. The first-order valence-electron chi connectivity index (χ1n) is 8.61. The summed E-state index contributed by atoms with van der Waals surface area (Å²) in [7, 11) is -3.62. The molecule has 2 heterocycles. The molecule has 3 N–H and O–H groups in total. The fourth-order valence-electron chi connectivity index (χ4n) is 2.79. The number of nitriles is 1. The molecule has 1 amide bonds. The molecule has 1 saturated heterocycles. The van der Waals surface area contributed by atoms with Crippen molar-refractivity contribution in [2.24, 2.45) is 5.73 Å². The second-order valence-corrected chi connectivity index (χ2v) is 7.98. The van der Waals surface area contributed by atoms with Crippen molar-refractivity contribution in [3.63, 3.8) is 0 Å². The number of primary amides is 1. The zero-order valence-corrected chi connectivity index (χ0v) is 15.7. The van der Waals surface area contributed by atoms with Gasteiger partial charge in [0.15, 0.2) is 0 Å². The molecular formula is C19H19N3O5S. The van der Waals surface area contributed by atoms with Gasteiger partial charge in [0.25, 0.3) is 5.91 Å². The minimum absolute atomic E-state index is 0.127. The van der Waals surface area contributed by atoms with Gasteiger partial charge in [0.05, 0.1) is 4.90 Å². The van der Waals surface area contributed by atoms with Crippen LogP contribution in [0.1, 0.15) is 18.6 Å². The Kier molecular flexibility index (Phi) is 5.94. The van der Waals surface area contributed by atoms with Crippen LogP contribution in [-0.4, -0.2) is 33.6 Å². The maximum atomic E-state index is 12.5. The normalized spacial score (nSPS) is 15.9. The van der Waals surface area contributed by atoms with E-state index in [0.717, 1.165) is 0 Å². The molecule has 3 rings (SSSR count). The highest BCUT2D eigenvalue weighted by Gasteiger charge is 2.22. The van der Waals surface area contributed by atoms with Crippen molar-refractivity contribution in [2.75, 3.05) is 13.2 Å². The van der Waals surface area contributed by atoms with E-state index in [-0.39, 0.29) is 16.5 Å².